The zero-order chi connectivity index (χ0) is 17.3. The normalized spacial score (nSPS) is 17.5. The molecule has 1 aliphatic rings. The second-order valence-corrected chi connectivity index (χ2v) is 7.41. The van der Waals surface area contributed by atoms with E-state index in [0.29, 0.717) is 29.9 Å². The highest BCUT2D eigenvalue weighted by Gasteiger charge is 2.24. The molecule has 0 atom stereocenters. The van der Waals surface area contributed by atoms with E-state index >= 15 is 0 Å². The zero-order valence-corrected chi connectivity index (χ0v) is 15.6. The molecule has 1 aliphatic heterocycles. The van der Waals surface area contributed by atoms with E-state index < -0.39 is 0 Å². The van der Waals surface area contributed by atoms with Gasteiger partial charge in [-0.1, -0.05) is 11.6 Å². The molecule has 8 heteroatoms. The summed E-state index contributed by atoms with van der Waals surface area (Å²) in [4.78, 5) is 16.7. The molecule has 1 heterocycles. The molecule has 0 radical (unpaired) electrons. The van der Waals surface area contributed by atoms with Gasteiger partial charge in [0, 0.05) is 10.6 Å². The summed E-state index contributed by atoms with van der Waals surface area (Å²) < 4.78 is 13.5. The van der Waals surface area contributed by atoms with Gasteiger partial charge in [0.05, 0.1) is 14.2 Å². The fraction of sp³-hybridized carbons (Fsp3) is 0. The highest BCUT2D eigenvalue weighted by atomic mass is 127. The summed E-state index contributed by atoms with van der Waals surface area (Å²) in [5.41, 5.74) is 0.980. The largest absolute Gasteiger partial charge is 0.506 e. The lowest BCUT2D eigenvalue weighted by atomic mass is 10.2. The molecular formula is C16H9ClFIN2O2S. The maximum absolute atomic E-state index is 12.9. The van der Waals surface area contributed by atoms with Crippen LogP contribution in [0.5, 0.6) is 5.75 Å². The number of nitrogens with zero attached hydrogens (tertiary/aromatic N) is 1. The maximum Gasteiger partial charge on any atom is 0.264 e. The van der Waals surface area contributed by atoms with Gasteiger partial charge in [-0.3, -0.25) is 4.79 Å². The quantitative estimate of drug-likeness (QED) is 0.491. The molecule has 1 saturated heterocycles. The van der Waals surface area contributed by atoms with Crippen LogP contribution in [0.2, 0.25) is 5.02 Å². The molecule has 0 saturated carbocycles. The number of carbonyl (C=O) groups excluding carboxylic acids is 1. The van der Waals surface area contributed by atoms with Crippen molar-refractivity contribution in [3.05, 3.63) is 61.3 Å². The number of hydrogen-bond donors (Lipinski definition) is 2. The minimum Gasteiger partial charge on any atom is -0.506 e. The van der Waals surface area contributed by atoms with E-state index in [1.165, 1.54) is 24.3 Å². The number of amidine groups is 1. The Bertz CT molecular complexity index is 884. The van der Waals surface area contributed by atoms with Crippen molar-refractivity contribution in [1.82, 2.24) is 5.32 Å². The van der Waals surface area contributed by atoms with Crippen LogP contribution in [-0.4, -0.2) is 16.2 Å². The molecule has 1 fully saturated rings. The molecule has 0 aliphatic carbocycles. The van der Waals surface area contributed by atoms with E-state index in [4.69, 9.17) is 11.6 Å². The molecule has 2 aromatic carbocycles. The minimum absolute atomic E-state index is 0.0600. The molecule has 0 spiro atoms. The van der Waals surface area contributed by atoms with Crippen molar-refractivity contribution in [3.63, 3.8) is 0 Å². The van der Waals surface area contributed by atoms with Crippen LogP contribution < -0.4 is 5.32 Å². The van der Waals surface area contributed by atoms with Crippen LogP contribution in [0.3, 0.4) is 0 Å². The van der Waals surface area contributed by atoms with Gasteiger partial charge in [0.1, 0.15) is 11.6 Å². The van der Waals surface area contributed by atoms with Crippen LogP contribution >= 0.6 is 46.0 Å². The topological polar surface area (TPSA) is 61.7 Å². The number of phenols is 1. The van der Waals surface area contributed by atoms with Crippen LogP contribution in [0.25, 0.3) is 6.08 Å². The van der Waals surface area contributed by atoms with Gasteiger partial charge in [-0.25, -0.2) is 9.38 Å². The van der Waals surface area contributed by atoms with E-state index in [1.54, 1.807) is 18.2 Å². The molecule has 2 N–H and O–H groups in total. The van der Waals surface area contributed by atoms with Crippen molar-refractivity contribution >= 4 is 68.8 Å². The number of benzene rings is 2. The first-order chi connectivity index (χ1) is 11.4. The molecule has 0 unspecified atom stereocenters. The summed E-state index contributed by atoms with van der Waals surface area (Å²) in [6, 6.07) is 8.83. The van der Waals surface area contributed by atoms with Gasteiger partial charge in [0.25, 0.3) is 5.91 Å². The summed E-state index contributed by atoms with van der Waals surface area (Å²) in [6.45, 7) is 0. The molecule has 0 bridgehead atoms. The number of halogens is 3. The molecular weight excluding hydrogens is 466 g/mol. The second kappa shape index (κ2) is 7.12. The first kappa shape index (κ1) is 17.2. The first-order valence-corrected chi connectivity index (χ1v) is 8.93. The van der Waals surface area contributed by atoms with Crippen LogP contribution in [0.4, 0.5) is 10.1 Å². The molecule has 2 aromatic rings. The van der Waals surface area contributed by atoms with Crippen molar-refractivity contribution in [2.75, 3.05) is 0 Å². The van der Waals surface area contributed by atoms with E-state index in [9.17, 15) is 14.3 Å². The first-order valence-electron chi connectivity index (χ1n) is 6.65. The average molecular weight is 475 g/mol. The van der Waals surface area contributed by atoms with Gasteiger partial charge in [-0.2, -0.15) is 0 Å². The number of aromatic hydroxyl groups is 1. The van der Waals surface area contributed by atoms with Crippen molar-refractivity contribution in [3.8, 4) is 5.75 Å². The third-order valence-electron chi connectivity index (χ3n) is 3.05. The maximum atomic E-state index is 12.9. The number of aliphatic imine (C=N–C) groups is 1. The van der Waals surface area contributed by atoms with Gasteiger partial charge >= 0.3 is 0 Å². The van der Waals surface area contributed by atoms with E-state index in [0.717, 1.165) is 11.8 Å². The summed E-state index contributed by atoms with van der Waals surface area (Å²) in [5.74, 6) is -0.617. The zero-order valence-electron chi connectivity index (χ0n) is 11.9. The van der Waals surface area contributed by atoms with E-state index in [-0.39, 0.29) is 17.5 Å². The molecule has 24 heavy (non-hydrogen) atoms. The number of rotatable bonds is 2. The Hall–Kier alpha value is -1.58. The standard InChI is InChI=1S/C16H9ClFIN2O2S/c17-9-5-8(14(22)12(19)7-9)6-13-15(23)21-16(24-13)20-11-3-1-10(18)2-4-11/h1-7,22H,(H,20,21,23)/b13-6+. The molecule has 0 aromatic heterocycles. The van der Waals surface area contributed by atoms with Gasteiger partial charge in [-0.15, -0.1) is 0 Å². The van der Waals surface area contributed by atoms with E-state index in [2.05, 4.69) is 10.3 Å². The lowest BCUT2D eigenvalue weighted by Gasteiger charge is -2.03. The van der Waals surface area contributed by atoms with Crippen LogP contribution in [0.1, 0.15) is 5.56 Å². The third-order valence-corrected chi connectivity index (χ3v) is 5.00. The highest BCUT2D eigenvalue weighted by molar-refractivity contribution is 14.1. The van der Waals surface area contributed by atoms with Gasteiger partial charge in [0.2, 0.25) is 0 Å². The van der Waals surface area contributed by atoms with Crippen molar-refractivity contribution in [2.45, 2.75) is 0 Å². The van der Waals surface area contributed by atoms with Crippen LogP contribution in [0, 0.1) is 9.39 Å². The Kier molecular flexibility index (Phi) is 5.12. The van der Waals surface area contributed by atoms with Crippen molar-refractivity contribution in [1.29, 1.82) is 0 Å². The Labute approximate surface area is 160 Å². The Morgan fingerprint density at radius 1 is 1.29 bits per heavy atom. The molecule has 1 amide bonds. The number of phenolic OH excluding ortho intramolecular Hbond substituents is 1. The molecule has 3 rings (SSSR count). The van der Waals surface area contributed by atoms with Gasteiger partial charge in [0.15, 0.2) is 5.17 Å². The monoisotopic (exact) mass is 474 g/mol. The molecule has 122 valence electrons. The SMILES string of the molecule is O=C1NC(=Nc2ccc(F)cc2)S/C1=C/c1cc(Cl)cc(I)c1O. The third kappa shape index (κ3) is 3.90. The Balaban J connectivity index is 1.89. The number of nitrogens with one attached hydrogen (secondary N) is 1. The predicted octanol–water partition coefficient (Wildman–Crippen LogP) is 4.68. The number of amides is 1. The van der Waals surface area contributed by atoms with Gasteiger partial charge in [-0.05, 0) is 76.8 Å². The number of hydrogen-bond acceptors (Lipinski definition) is 4. The van der Waals surface area contributed by atoms with E-state index in [1.807, 2.05) is 22.6 Å². The smallest absolute Gasteiger partial charge is 0.264 e. The minimum atomic E-state index is -0.353. The number of carbonyl (C=O) groups is 1. The van der Waals surface area contributed by atoms with Crippen LogP contribution in [0.15, 0.2) is 46.3 Å². The average Bonchev–Trinajstić information content (AvgIpc) is 2.86. The summed E-state index contributed by atoms with van der Waals surface area (Å²) in [6.07, 6.45) is 1.55. The Morgan fingerprint density at radius 2 is 2.00 bits per heavy atom. The lowest BCUT2D eigenvalue weighted by Crippen LogP contribution is -2.19. The predicted molar refractivity (Wildman–Crippen MR) is 103 cm³/mol. The highest BCUT2D eigenvalue weighted by Crippen LogP contribution is 2.34. The van der Waals surface area contributed by atoms with Crippen molar-refractivity contribution < 1.29 is 14.3 Å². The lowest BCUT2D eigenvalue weighted by molar-refractivity contribution is -0.115. The summed E-state index contributed by atoms with van der Waals surface area (Å²) in [7, 11) is 0. The fourth-order valence-corrected chi connectivity index (χ4v) is 3.84. The summed E-state index contributed by atoms with van der Waals surface area (Å²) >= 11 is 9.08. The fourth-order valence-electron chi connectivity index (χ4n) is 1.95. The van der Waals surface area contributed by atoms with Gasteiger partial charge < -0.3 is 10.4 Å². The van der Waals surface area contributed by atoms with Crippen molar-refractivity contribution in [2.24, 2.45) is 4.99 Å². The van der Waals surface area contributed by atoms with Crippen LogP contribution in [-0.2, 0) is 4.79 Å². The second-order valence-electron chi connectivity index (χ2n) is 4.78. The summed E-state index contributed by atoms with van der Waals surface area (Å²) in [5, 5.41) is 13.6. The Morgan fingerprint density at radius 3 is 2.71 bits per heavy atom. The number of thioether (sulfide) groups is 1. The molecule has 4 nitrogen and oxygen atoms in total.